The fourth-order valence-electron chi connectivity index (χ4n) is 1.26. The van der Waals surface area contributed by atoms with Crippen molar-refractivity contribution in [1.29, 1.82) is 0 Å². The third kappa shape index (κ3) is 3.48. The molecule has 0 aliphatic heterocycles. The van der Waals surface area contributed by atoms with Gasteiger partial charge in [0.15, 0.2) is 0 Å². The highest BCUT2D eigenvalue weighted by Crippen LogP contribution is 2.16. The van der Waals surface area contributed by atoms with E-state index >= 15 is 0 Å². The maximum absolute atomic E-state index is 13.2. The Hall–Kier alpha value is -0.250. The Morgan fingerprint density at radius 1 is 1.57 bits per heavy atom. The molecule has 4 heteroatoms. The number of thioether (sulfide) groups is 1. The predicted octanol–water partition coefficient (Wildman–Crippen LogP) is 2.71. The largest absolute Gasteiger partial charge is 0.327 e. The van der Waals surface area contributed by atoms with Crippen molar-refractivity contribution in [2.75, 3.05) is 12.0 Å². The second kappa shape index (κ2) is 5.59. The molecule has 0 fully saturated rings. The molecule has 0 saturated carbocycles. The second-order valence-corrected chi connectivity index (χ2v) is 4.50. The van der Waals surface area contributed by atoms with Crippen LogP contribution in [0.25, 0.3) is 0 Å². The number of rotatable bonds is 4. The number of benzene rings is 1. The van der Waals surface area contributed by atoms with Crippen molar-refractivity contribution in [3.05, 3.63) is 34.6 Å². The van der Waals surface area contributed by atoms with E-state index in [0.29, 0.717) is 17.0 Å². The van der Waals surface area contributed by atoms with Crippen LogP contribution in [0.1, 0.15) is 5.56 Å². The molecule has 0 aliphatic carbocycles. The van der Waals surface area contributed by atoms with Crippen LogP contribution in [-0.2, 0) is 6.42 Å². The highest BCUT2D eigenvalue weighted by molar-refractivity contribution is 7.98. The average Bonchev–Trinajstić information content (AvgIpc) is 2.12. The molecule has 2 N–H and O–H groups in total. The zero-order valence-corrected chi connectivity index (χ0v) is 9.54. The van der Waals surface area contributed by atoms with Gasteiger partial charge in [0.25, 0.3) is 0 Å². The number of hydrogen-bond donors (Lipinski definition) is 1. The van der Waals surface area contributed by atoms with E-state index in [-0.39, 0.29) is 11.9 Å². The summed E-state index contributed by atoms with van der Waals surface area (Å²) in [6, 6.07) is 4.54. The Morgan fingerprint density at radius 3 is 2.93 bits per heavy atom. The van der Waals surface area contributed by atoms with Gasteiger partial charge in [0.05, 0.1) is 0 Å². The monoisotopic (exact) mass is 233 g/mol. The van der Waals surface area contributed by atoms with Gasteiger partial charge < -0.3 is 5.73 Å². The lowest BCUT2D eigenvalue weighted by molar-refractivity contribution is 0.597. The standard InChI is InChI=1S/C10H13ClFNS/c1-14-6-9(13)5-7-4-8(11)2-3-10(7)12/h2-4,9H,5-6,13H2,1H3. The highest BCUT2D eigenvalue weighted by Gasteiger charge is 2.08. The van der Waals surface area contributed by atoms with Gasteiger partial charge in [-0.1, -0.05) is 11.6 Å². The molecule has 0 bridgehead atoms. The Bertz CT molecular complexity index is 306. The van der Waals surface area contributed by atoms with Gasteiger partial charge in [-0.05, 0) is 36.4 Å². The van der Waals surface area contributed by atoms with Crippen molar-refractivity contribution < 1.29 is 4.39 Å². The first-order valence-electron chi connectivity index (χ1n) is 4.32. The lowest BCUT2D eigenvalue weighted by Gasteiger charge is -2.10. The van der Waals surface area contributed by atoms with Gasteiger partial charge in [0.2, 0.25) is 0 Å². The lowest BCUT2D eigenvalue weighted by atomic mass is 10.1. The van der Waals surface area contributed by atoms with Gasteiger partial charge in [-0.3, -0.25) is 0 Å². The molecule has 0 saturated heterocycles. The maximum Gasteiger partial charge on any atom is 0.126 e. The van der Waals surface area contributed by atoms with Crippen LogP contribution < -0.4 is 5.73 Å². The number of nitrogens with two attached hydrogens (primary N) is 1. The van der Waals surface area contributed by atoms with Crippen molar-refractivity contribution in [3.63, 3.8) is 0 Å². The molecule has 78 valence electrons. The number of halogens is 2. The molecule has 1 rings (SSSR count). The molecule has 0 spiro atoms. The molecule has 14 heavy (non-hydrogen) atoms. The normalized spacial score (nSPS) is 12.9. The zero-order valence-electron chi connectivity index (χ0n) is 7.97. The van der Waals surface area contributed by atoms with Crippen molar-refractivity contribution >= 4 is 23.4 Å². The molecule has 0 heterocycles. The Labute approximate surface area is 92.8 Å². The van der Waals surface area contributed by atoms with Gasteiger partial charge in [0, 0.05) is 16.8 Å². The van der Waals surface area contributed by atoms with Crippen molar-refractivity contribution in [2.24, 2.45) is 5.73 Å². The van der Waals surface area contributed by atoms with Crippen LogP contribution >= 0.6 is 23.4 Å². The molecular formula is C10H13ClFNS. The summed E-state index contributed by atoms with van der Waals surface area (Å²) in [5, 5.41) is 0.553. The van der Waals surface area contributed by atoms with Gasteiger partial charge in [0.1, 0.15) is 5.82 Å². The third-order valence-electron chi connectivity index (χ3n) is 1.87. The van der Waals surface area contributed by atoms with E-state index in [1.54, 1.807) is 23.9 Å². The van der Waals surface area contributed by atoms with Crippen molar-refractivity contribution in [1.82, 2.24) is 0 Å². The first-order valence-corrected chi connectivity index (χ1v) is 6.09. The minimum Gasteiger partial charge on any atom is -0.327 e. The molecule has 0 aliphatic rings. The van der Waals surface area contributed by atoms with Crippen LogP contribution in [0.4, 0.5) is 4.39 Å². The van der Waals surface area contributed by atoms with Crippen LogP contribution in [0.2, 0.25) is 5.02 Å². The quantitative estimate of drug-likeness (QED) is 0.866. The van der Waals surface area contributed by atoms with Crippen LogP contribution in [0, 0.1) is 5.82 Å². The maximum atomic E-state index is 13.2. The molecule has 1 atom stereocenters. The summed E-state index contributed by atoms with van der Waals surface area (Å²) in [6.45, 7) is 0. The van der Waals surface area contributed by atoms with Crippen LogP contribution in [0.5, 0.6) is 0 Å². The summed E-state index contributed by atoms with van der Waals surface area (Å²) in [7, 11) is 0. The Kier molecular flexibility index (Phi) is 4.72. The molecular weight excluding hydrogens is 221 g/mol. The van der Waals surface area contributed by atoms with E-state index in [9.17, 15) is 4.39 Å². The van der Waals surface area contributed by atoms with E-state index in [4.69, 9.17) is 17.3 Å². The highest BCUT2D eigenvalue weighted by atomic mass is 35.5. The van der Waals surface area contributed by atoms with E-state index in [1.165, 1.54) is 6.07 Å². The minimum atomic E-state index is -0.231. The summed E-state index contributed by atoms with van der Waals surface area (Å²) in [5.41, 5.74) is 6.40. The molecule has 0 radical (unpaired) electrons. The minimum absolute atomic E-state index is 0.0158. The third-order valence-corrected chi connectivity index (χ3v) is 2.87. The Morgan fingerprint density at radius 2 is 2.29 bits per heavy atom. The first-order chi connectivity index (χ1) is 6.63. The summed E-state index contributed by atoms with van der Waals surface area (Å²) in [6.07, 6.45) is 2.52. The summed E-state index contributed by atoms with van der Waals surface area (Å²) in [5.74, 6) is 0.595. The number of hydrogen-bond acceptors (Lipinski definition) is 2. The lowest BCUT2D eigenvalue weighted by Crippen LogP contribution is -2.25. The molecule has 0 amide bonds. The second-order valence-electron chi connectivity index (χ2n) is 3.16. The molecule has 1 nitrogen and oxygen atoms in total. The summed E-state index contributed by atoms with van der Waals surface area (Å²) < 4.78 is 13.2. The van der Waals surface area contributed by atoms with Crippen molar-refractivity contribution in [2.45, 2.75) is 12.5 Å². The van der Waals surface area contributed by atoms with Gasteiger partial charge in [-0.2, -0.15) is 11.8 Å². The smallest absolute Gasteiger partial charge is 0.126 e. The fourth-order valence-corrected chi connectivity index (χ4v) is 2.00. The summed E-state index contributed by atoms with van der Waals surface area (Å²) in [4.78, 5) is 0. The first kappa shape index (κ1) is 11.8. The van der Waals surface area contributed by atoms with Crippen molar-refractivity contribution in [3.8, 4) is 0 Å². The van der Waals surface area contributed by atoms with E-state index in [2.05, 4.69) is 0 Å². The van der Waals surface area contributed by atoms with Crippen LogP contribution in [-0.4, -0.2) is 18.1 Å². The molecule has 1 aromatic rings. The fraction of sp³-hybridized carbons (Fsp3) is 0.400. The SMILES string of the molecule is CSCC(N)Cc1cc(Cl)ccc1F. The predicted molar refractivity (Wildman–Crippen MR) is 61.5 cm³/mol. The van der Waals surface area contributed by atoms with Gasteiger partial charge in [-0.15, -0.1) is 0 Å². The van der Waals surface area contributed by atoms with E-state index in [1.807, 2.05) is 6.26 Å². The summed E-state index contributed by atoms with van der Waals surface area (Å²) >= 11 is 7.42. The topological polar surface area (TPSA) is 26.0 Å². The molecule has 1 aromatic carbocycles. The van der Waals surface area contributed by atoms with Crippen LogP contribution in [0.15, 0.2) is 18.2 Å². The zero-order chi connectivity index (χ0) is 10.6. The Balaban J connectivity index is 2.70. The average molecular weight is 234 g/mol. The van der Waals surface area contributed by atoms with E-state index in [0.717, 1.165) is 5.75 Å². The van der Waals surface area contributed by atoms with E-state index < -0.39 is 0 Å². The van der Waals surface area contributed by atoms with Crippen LogP contribution in [0.3, 0.4) is 0 Å². The van der Waals surface area contributed by atoms with Gasteiger partial charge >= 0.3 is 0 Å². The molecule has 0 aromatic heterocycles. The van der Waals surface area contributed by atoms with Gasteiger partial charge in [-0.25, -0.2) is 4.39 Å². The molecule has 1 unspecified atom stereocenters.